The lowest BCUT2D eigenvalue weighted by Gasteiger charge is -2.11. The molecule has 82 valence electrons. The van der Waals surface area contributed by atoms with Crippen LogP contribution in [0.25, 0.3) is 0 Å². The van der Waals surface area contributed by atoms with Crippen molar-refractivity contribution in [2.24, 2.45) is 0 Å². The monoisotopic (exact) mass is 220 g/mol. The molecule has 1 atom stereocenters. The quantitative estimate of drug-likeness (QED) is 0.824. The molecule has 1 nitrogen and oxygen atoms in total. The maximum Gasteiger partial charge on any atom is 0.129 e. The highest BCUT2D eigenvalue weighted by Crippen LogP contribution is 2.23. The first-order valence-electron chi connectivity index (χ1n) is 4.86. The Kier molecular flexibility index (Phi) is 2.97. The standard InChI is InChI=1S/C13H10F2O/c14-10-7-5-9(6-8-10)13(16)11-3-1-2-4-12(11)15/h1-8,13,16H/t13-/m1/s1. The molecule has 0 aromatic heterocycles. The van der Waals surface area contributed by atoms with Gasteiger partial charge in [-0.25, -0.2) is 8.78 Å². The normalized spacial score (nSPS) is 12.4. The Morgan fingerprint density at radius 2 is 1.50 bits per heavy atom. The van der Waals surface area contributed by atoms with Crippen LogP contribution < -0.4 is 0 Å². The predicted octanol–water partition coefficient (Wildman–Crippen LogP) is 3.05. The lowest BCUT2D eigenvalue weighted by Crippen LogP contribution is -2.02. The van der Waals surface area contributed by atoms with E-state index in [2.05, 4.69) is 0 Å². The molecule has 0 radical (unpaired) electrons. The molecular formula is C13H10F2O. The van der Waals surface area contributed by atoms with E-state index in [0.717, 1.165) is 0 Å². The van der Waals surface area contributed by atoms with Gasteiger partial charge in [0, 0.05) is 5.56 Å². The van der Waals surface area contributed by atoms with Gasteiger partial charge < -0.3 is 5.11 Å². The second kappa shape index (κ2) is 4.41. The van der Waals surface area contributed by atoms with Crippen LogP contribution in [0, 0.1) is 11.6 Å². The summed E-state index contributed by atoms with van der Waals surface area (Å²) in [7, 11) is 0. The van der Waals surface area contributed by atoms with E-state index < -0.39 is 11.9 Å². The molecule has 0 unspecified atom stereocenters. The summed E-state index contributed by atoms with van der Waals surface area (Å²) in [6.07, 6.45) is -1.07. The van der Waals surface area contributed by atoms with Gasteiger partial charge >= 0.3 is 0 Å². The maximum absolute atomic E-state index is 13.4. The molecule has 0 heterocycles. The molecule has 2 aromatic carbocycles. The Bertz CT molecular complexity index is 480. The van der Waals surface area contributed by atoms with Crippen LogP contribution in [-0.2, 0) is 0 Å². The average Bonchev–Trinajstić information content (AvgIpc) is 2.30. The molecule has 16 heavy (non-hydrogen) atoms. The van der Waals surface area contributed by atoms with E-state index in [1.165, 1.54) is 36.4 Å². The van der Waals surface area contributed by atoms with Crippen molar-refractivity contribution in [2.75, 3.05) is 0 Å². The summed E-state index contributed by atoms with van der Waals surface area (Å²) in [5, 5.41) is 9.90. The van der Waals surface area contributed by atoms with E-state index in [1.54, 1.807) is 12.1 Å². The highest BCUT2D eigenvalue weighted by molar-refractivity contribution is 5.30. The fraction of sp³-hybridized carbons (Fsp3) is 0.0769. The fourth-order valence-corrected chi connectivity index (χ4v) is 1.52. The van der Waals surface area contributed by atoms with Gasteiger partial charge in [-0.05, 0) is 23.8 Å². The van der Waals surface area contributed by atoms with Crippen molar-refractivity contribution in [1.29, 1.82) is 0 Å². The number of hydrogen-bond acceptors (Lipinski definition) is 1. The van der Waals surface area contributed by atoms with Crippen LogP contribution in [0.1, 0.15) is 17.2 Å². The van der Waals surface area contributed by atoms with Gasteiger partial charge in [-0.1, -0.05) is 30.3 Å². The Morgan fingerprint density at radius 1 is 0.875 bits per heavy atom. The van der Waals surface area contributed by atoms with E-state index in [9.17, 15) is 13.9 Å². The topological polar surface area (TPSA) is 20.2 Å². The van der Waals surface area contributed by atoms with Gasteiger partial charge in [0.25, 0.3) is 0 Å². The van der Waals surface area contributed by atoms with Crippen molar-refractivity contribution in [2.45, 2.75) is 6.10 Å². The molecule has 1 N–H and O–H groups in total. The van der Waals surface area contributed by atoms with Gasteiger partial charge in [0.2, 0.25) is 0 Å². The van der Waals surface area contributed by atoms with Gasteiger partial charge in [0.05, 0.1) is 0 Å². The number of hydrogen-bond donors (Lipinski definition) is 1. The summed E-state index contributed by atoms with van der Waals surface area (Å²) in [5.74, 6) is -0.858. The minimum absolute atomic E-state index is 0.189. The zero-order valence-electron chi connectivity index (χ0n) is 8.40. The second-order valence-electron chi connectivity index (χ2n) is 3.48. The van der Waals surface area contributed by atoms with E-state index in [4.69, 9.17) is 0 Å². The minimum Gasteiger partial charge on any atom is -0.384 e. The number of rotatable bonds is 2. The van der Waals surface area contributed by atoms with Crippen molar-refractivity contribution in [3.8, 4) is 0 Å². The third kappa shape index (κ3) is 2.09. The van der Waals surface area contributed by atoms with Crippen LogP contribution in [0.2, 0.25) is 0 Å². The highest BCUT2D eigenvalue weighted by atomic mass is 19.1. The summed E-state index contributed by atoms with van der Waals surface area (Å²) < 4.78 is 26.0. The first kappa shape index (κ1) is 10.8. The third-order valence-corrected chi connectivity index (χ3v) is 2.39. The molecule has 0 fully saturated rings. The average molecular weight is 220 g/mol. The molecule has 0 saturated carbocycles. The van der Waals surface area contributed by atoms with Gasteiger partial charge in [-0.3, -0.25) is 0 Å². The molecular weight excluding hydrogens is 210 g/mol. The molecule has 0 bridgehead atoms. The largest absolute Gasteiger partial charge is 0.384 e. The number of halogens is 2. The fourth-order valence-electron chi connectivity index (χ4n) is 1.52. The van der Waals surface area contributed by atoms with Crippen LogP contribution in [0.5, 0.6) is 0 Å². The molecule has 3 heteroatoms. The van der Waals surface area contributed by atoms with Crippen molar-refractivity contribution in [3.05, 3.63) is 71.3 Å². The second-order valence-corrected chi connectivity index (χ2v) is 3.48. The van der Waals surface area contributed by atoms with Crippen LogP contribution in [0.15, 0.2) is 48.5 Å². The Hall–Kier alpha value is -1.74. The zero-order valence-corrected chi connectivity index (χ0v) is 8.40. The summed E-state index contributed by atoms with van der Waals surface area (Å²) in [5.41, 5.74) is 0.653. The third-order valence-electron chi connectivity index (χ3n) is 2.39. The Morgan fingerprint density at radius 3 is 2.12 bits per heavy atom. The van der Waals surface area contributed by atoms with Gasteiger partial charge in [-0.2, -0.15) is 0 Å². The Balaban J connectivity index is 2.35. The van der Waals surface area contributed by atoms with Gasteiger partial charge in [-0.15, -0.1) is 0 Å². The van der Waals surface area contributed by atoms with Gasteiger partial charge in [0.1, 0.15) is 17.7 Å². The minimum atomic E-state index is -1.07. The van der Waals surface area contributed by atoms with Crippen LogP contribution in [0.3, 0.4) is 0 Å². The smallest absolute Gasteiger partial charge is 0.129 e. The molecule has 0 aliphatic rings. The summed E-state index contributed by atoms with van der Waals surface area (Å²) >= 11 is 0. The maximum atomic E-state index is 13.4. The van der Waals surface area contributed by atoms with E-state index in [1.807, 2.05) is 0 Å². The molecule has 0 saturated heterocycles. The SMILES string of the molecule is O[C@H](c1ccc(F)cc1)c1ccccc1F. The molecule has 0 aliphatic heterocycles. The van der Waals surface area contributed by atoms with E-state index in [0.29, 0.717) is 5.56 Å². The first-order valence-corrected chi connectivity index (χ1v) is 4.86. The summed E-state index contributed by atoms with van der Waals surface area (Å²) in [6, 6.07) is 11.3. The van der Waals surface area contributed by atoms with Crippen LogP contribution in [0.4, 0.5) is 8.78 Å². The Labute approximate surface area is 92.0 Å². The lowest BCUT2D eigenvalue weighted by molar-refractivity contribution is 0.215. The zero-order chi connectivity index (χ0) is 11.5. The first-order chi connectivity index (χ1) is 7.68. The van der Waals surface area contributed by atoms with Crippen LogP contribution >= 0.6 is 0 Å². The van der Waals surface area contributed by atoms with E-state index in [-0.39, 0.29) is 11.4 Å². The summed E-state index contributed by atoms with van der Waals surface area (Å²) in [6.45, 7) is 0. The van der Waals surface area contributed by atoms with Crippen molar-refractivity contribution in [3.63, 3.8) is 0 Å². The van der Waals surface area contributed by atoms with Crippen LogP contribution in [-0.4, -0.2) is 5.11 Å². The van der Waals surface area contributed by atoms with Crippen molar-refractivity contribution >= 4 is 0 Å². The molecule has 0 aliphatic carbocycles. The number of aliphatic hydroxyl groups excluding tert-OH is 1. The van der Waals surface area contributed by atoms with Crippen molar-refractivity contribution in [1.82, 2.24) is 0 Å². The number of benzene rings is 2. The molecule has 2 rings (SSSR count). The summed E-state index contributed by atoms with van der Waals surface area (Å²) in [4.78, 5) is 0. The van der Waals surface area contributed by atoms with E-state index >= 15 is 0 Å². The van der Waals surface area contributed by atoms with Gasteiger partial charge in [0.15, 0.2) is 0 Å². The highest BCUT2D eigenvalue weighted by Gasteiger charge is 2.13. The number of aliphatic hydroxyl groups is 1. The lowest BCUT2D eigenvalue weighted by atomic mass is 10.0. The molecule has 0 spiro atoms. The molecule has 2 aromatic rings. The predicted molar refractivity (Wildman–Crippen MR) is 56.9 cm³/mol. The van der Waals surface area contributed by atoms with Crippen molar-refractivity contribution < 1.29 is 13.9 Å². The molecule has 0 amide bonds.